The number of rotatable bonds is 56. The topological polar surface area (TPSA) is 111 Å². The number of carboxylic acids is 1. The van der Waals surface area contributed by atoms with E-state index in [-0.39, 0.29) is 38.6 Å². The minimum Gasteiger partial charge on any atom is -0.545 e. The quantitative estimate of drug-likeness (QED) is 0.0195. The molecule has 0 rings (SSSR count). The summed E-state index contributed by atoms with van der Waals surface area (Å²) < 4.78 is 22.7. The Morgan fingerprint density at radius 1 is 0.392 bits per heavy atom. The van der Waals surface area contributed by atoms with E-state index >= 15 is 0 Å². The Kier molecular flexibility index (Phi) is 56.1. The van der Waals surface area contributed by atoms with Crippen molar-refractivity contribution >= 4 is 17.9 Å². The highest BCUT2D eigenvalue weighted by atomic mass is 16.7. The molecular weight excluding hydrogens is 983 g/mol. The molecule has 2 unspecified atom stereocenters. The summed E-state index contributed by atoms with van der Waals surface area (Å²) >= 11 is 0. The molecule has 0 N–H and O–H groups in total. The fraction of sp³-hybridized carbons (Fsp3) is 0.643. The number of likely N-dealkylation sites (N-methyl/N-ethyl adjacent to an activating group) is 1. The first-order valence-electron chi connectivity index (χ1n) is 31.3. The van der Waals surface area contributed by atoms with Gasteiger partial charge in [0, 0.05) is 12.8 Å². The summed E-state index contributed by atoms with van der Waals surface area (Å²) in [5.41, 5.74) is 0. The van der Waals surface area contributed by atoms with E-state index in [9.17, 15) is 19.5 Å². The molecule has 448 valence electrons. The van der Waals surface area contributed by atoms with Gasteiger partial charge < -0.3 is 33.3 Å². The average Bonchev–Trinajstić information content (AvgIpc) is 3.42. The van der Waals surface area contributed by atoms with Gasteiger partial charge in [-0.25, -0.2) is 0 Å². The molecule has 0 aromatic carbocycles. The van der Waals surface area contributed by atoms with Gasteiger partial charge in [0.05, 0.1) is 40.3 Å². The predicted octanol–water partition coefficient (Wildman–Crippen LogP) is 17.7. The van der Waals surface area contributed by atoms with E-state index in [1.165, 1.54) is 70.6 Å². The van der Waals surface area contributed by atoms with Crippen LogP contribution in [0.1, 0.15) is 232 Å². The molecule has 0 fully saturated rings. The Morgan fingerprint density at radius 3 is 1.09 bits per heavy atom. The number of carbonyl (C=O) groups is 3. The number of aliphatic carboxylic acids is 1. The van der Waals surface area contributed by atoms with E-state index < -0.39 is 24.3 Å². The van der Waals surface area contributed by atoms with Gasteiger partial charge in [0.15, 0.2) is 12.4 Å². The third-order valence-corrected chi connectivity index (χ3v) is 12.9. The van der Waals surface area contributed by atoms with Gasteiger partial charge in [-0.3, -0.25) is 9.59 Å². The minimum atomic E-state index is -1.63. The van der Waals surface area contributed by atoms with Crippen molar-refractivity contribution in [2.45, 2.75) is 245 Å². The number of hydrogen-bond acceptors (Lipinski definition) is 8. The summed E-state index contributed by atoms with van der Waals surface area (Å²) in [5.74, 6) is -2.32. The van der Waals surface area contributed by atoms with Gasteiger partial charge in [-0.2, -0.15) is 0 Å². The molecule has 0 aromatic rings. The van der Waals surface area contributed by atoms with Crippen LogP contribution >= 0.6 is 0 Å². The molecule has 0 amide bonds. The molecule has 0 aliphatic carbocycles. The van der Waals surface area contributed by atoms with Crippen molar-refractivity contribution < 1.29 is 42.9 Å². The highest BCUT2D eigenvalue weighted by Gasteiger charge is 2.22. The Morgan fingerprint density at radius 2 is 0.722 bits per heavy atom. The highest BCUT2D eigenvalue weighted by Crippen LogP contribution is 2.14. The van der Waals surface area contributed by atoms with Crippen molar-refractivity contribution in [2.24, 2.45) is 0 Å². The number of hydrogen-bond donors (Lipinski definition) is 0. The normalized spacial score (nSPS) is 13.7. The third-order valence-electron chi connectivity index (χ3n) is 12.9. The Bertz CT molecular complexity index is 1750. The standard InChI is InChI=1S/C70H115NO8/c1-6-8-10-12-14-16-18-20-22-23-24-25-26-27-28-29-30-31-32-33-34-35-36-37-38-39-40-41-42-43-44-45-47-49-51-53-55-57-59-61-68(73)79-66(65-78-70(69(74)75)76-63-62-71(3,4)5)64-77-67(72)60-58-56-54-52-50-48-46-21-19-17-15-13-11-9-7-2/h8,10,14,16,20-22,24-25,27-28,30-31,33-34,36-37,39-40,42-43,46,66,70H,6-7,9,11-13,15,17-19,23,26,29,32,35,38,41,44-45,47-65H2,1-5H3/b10-8-,16-14-,22-20-,25-24-,28-27-,31-30-,34-33-,37-36-,40-39-,43-42-,46-21-. The lowest BCUT2D eigenvalue weighted by atomic mass is 10.1. The SMILES string of the molecule is CC/C=C\C/C=C\C/C=C\C/C=C\C/C=C\C/C=C\C/C=C\C/C=C\C/C=C\C/C=C\CCCCCCCCCCC(=O)OC(COC(=O)CCCCCCC/C=C\CCCCCCCC)COC(OCC[N+](C)(C)C)C(=O)[O-]. The molecule has 0 radical (unpaired) electrons. The smallest absolute Gasteiger partial charge is 0.306 e. The van der Waals surface area contributed by atoms with E-state index in [0.717, 1.165) is 128 Å². The first kappa shape index (κ1) is 74.4. The van der Waals surface area contributed by atoms with E-state index in [1.54, 1.807) is 0 Å². The zero-order chi connectivity index (χ0) is 57.6. The molecule has 0 bridgehead atoms. The number of carboxylic acid groups (broad SMARTS) is 1. The lowest BCUT2D eigenvalue weighted by molar-refractivity contribution is -0.870. The number of esters is 2. The number of ether oxygens (including phenoxy) is 4. The van der Waals surface area contributed by atoms with Crippen LogP contribution in [-0.4, -0.2) is 82.3 Å². The molecule has 9 heteroatoms. The van der Waals surface area contributed by atoms with Crippen molar-refractivity contribution in [3.05, 3.63) is 134 Å². The highest BCUT2D eigenvalue weighted by molar-refractivity contribution is 5.70. The van der Waals surface area contributed by atoms with Crippen LogP contribution < -0.4 is 5.11 Å². The maximum Gasteiger partial charge on any atom is 0.306 e. The van der Waals surface area contributed by atoms with Crippen molar-refractivity contribution in [3.63, 3.8) is 0 Å². The molecule has 0 aliphatic heterocycles. The largest absolute Gasteiger partial charge is 0.545 e. The Balaban J connectivity index is 4.19. The average molecular weight is 1100 g/mol. The third kappa shape index (κ3) is 60.9. The second-order valence-electron chi connectivity index (χ2n) is 21.6. The Hall–Kier alpha value is -4.57. The second kappa shape index (κ2) is 59.5. The van der Waals surface area contributed by atoms with Crippen LogP contribution in [0.15, 0.2) is 134 Å². The van der Waals surface area contributed by atoms with Crippen LogP contribution in [0.5, 0.6) is 0 Å². The summed E-state index contributed by atoms with van der Waals surface area (Å²) in [6, 6.07) is 0. The van der Waals surface area contributed by atoms with Gasteiger partial charge in [-0.05, 0) is 116 Å². The lowest BCUT2D eigenvalue weighted by Crippen LogP contribution is -2.44. The van der Waals surface area contributed by atoms with Gasteiger partial charge in [-0.15, -0.1) is 0 Å². The van der Waals surface area contributed by atoms with Crippen molar-refractivity contribution in [3.8, 4) is 0 Å². The summed E-state index contributed by atoms with van der Waals surface area (Å²) in [6.07, 6.45) is 82.3. The number of unbranched alkanes of at least 4 members (excludes halogenated alkanes) is 19. The maximum atomic E-state index is 12.9. The number of allylic oxidation sites excluding steroid dienone is 22. The van der Waals surface area contributed by atoms with E-state index in [1.807, 2.05) is 21.1 Å². The van der Waals surface area contributed by atoms with Crippen LogP contribution in [0.3, 0.4) is 0 Å². The molecule has 0 heterocycles. The number of quaternary nitrogens is 1. The zero-order valence-electron chi connectivity index (χ0n) is 50.9. The molecule has 0 spiro atoms. The molecule has 2 atom stereocenters. The first-order chi connectivity index (χ1) is 38.6. The molecular formula is C70H115NO8. The minimum absolute atomic E-state index is 0.139. The first-order valence-corrected chi connectivity index (χ1v) is 31.3. The van der Waals surface area contributed by atoms with Crippen LogP contribution in [0, 0.1) is 0 Å². The van der Waals surface area contributed by atoms with Gasteiger partial charge in [0.2, 0.25) is 0 Å². The van der Waals surface area contributed by atoms with Crippen molar-refractivity contribution in [2.75, 3.05) is 47.5 Å². The van der Waals surface area contributed by atoms with E-state index in [2.05, 4.69) is 148 Å². The van der Waals surface area contributed by atoms with E-state index in [4.69, 9.17) is 18.9 Å². The molecule has 0 aliphatic rings. The Labute approximate surface area is 484 Å². The summed E-state index contributed by atoms with van der Waals surface area (Å²) in [5, 5.41) is 11.8. The predicted molar refractivity (Wildman–Crippen MR) is 333 cm³/mol. The van der Waals surface area contributed by atoms with Gasteiger partial charge >= 0.3 is 11.9 Å². The monoisotopic (exact) mass is 1100 g/mol. The van der Waals surface area contributed by atoms with Crippen molar-refractivity contribution in [1.29, 1.82) is 0 Å². The van der Waals surface area contributed by atoms with E-state index in [0.29, 0.717) is 17.4 Å². The maximum absolute atomic E-state index is 12.9. The summed E-state index contributed by atoms with van der Waals surface area (Å²) in [7, 11) is 5.91. The van der Waals surface area contributed by atoms with Crippen LogP contribution in [0.4, 0.5) is 0 Å². The van der Waals surface area contributed by atoms with Gasteiger partial charge in [-0.1, -0.05) is 237 Å². The molecule has 0 saturated heterocycles. The van der Waals surface area contributed by atoms with Crippen LogP contribution in [0.2, 0.25) is 0 Å². The second-order valence-corrected chi connectivity index (χ2v) is 21.6. The summed E-state index contributed by atoms with van der Waals surface area (Å²) in [4.78, 5) is 37.3. The van der Waals surface area contributed by atoms with Crippen molar-refractivity contribution in [1.82, 2.24) is 0 Å². The molecule has 79 heavy (non-hydrogen) atoms. The van der Waals surface area contributed by atoms with Gasteiger partial charge in [0.1, 0.15) is 13.2 Å². The lowest BCUT2D eigenvalue weighted by Gasteiger charge is -2.26. The van der Waals surface area contributed by atoms with Gasteiger partial charge in [0.25, 0.3) is 0 Å². The molecule has 9 nitrogen and oxygen atoms in total. The van der Waals surface area contributed by atoms with Crippen LogP contribution in [-0.2, 0) is 33.3 Å². The number of nitrogens with zero attached hydrogens (tertiary/aromatic N) is 1. The zero-order valence-corrected chi connectivity index (χ0v) is 50.9. The van der Waals surface area contributed by atoms with Crippen LogP contribution in [0.25, 0.3) is 0 Å². The molecule has 0 aromatic heterocycles. The summed E-state index contributed by atoms with van der Waals surface area (Å²) in [6.45, 7) is 4.59. The molecule has 0 saturated carbocycles. The number of carbonyl (C=O) groups excluding carboxylic acids is 3. The fourth-order valence-electron chi connectivity index (χ4n) is 8.09. The fourth-order valence-corrected chi connectivity index (χ4v) is 8.09.